The van der Waals surface area contributed by atoms with E-state index in [0.29, 0.717) is 28.4 Å². The highest BCUT2D eigenvalue weighted by Gasteiger charge is 2.24. The quantitative estimate of drug-likeness (QED) is 0.782. The largest absolute Gasteiger partial charge is 0.459 e. The molecule has 134 valence electrons. The second-order valence-electron chi connectivity index (χ2n) is 6.78. The molecule has 0 bridgehead atoms. The fourth-order valence-corrected chi connectivity index (χ4v) is 2.86. The van der Waals surface area contributed by atoms with Gasteiger partial charge in [0.05, 0.1) is 11.7 Å². The average Bonchev–Trinajstić information content (AvgIpc) is 2.81. The Labute approximate surface area is 148 Å². The Morgan fingerprint density at radius 3 is 2.32 bits per heavy atom. The SMILES string of the molecule is Cc1[nH]c(C(=O)Nc2ccccc2C(C)C)c(C)c1C(=O)OC(C)C. The first-order chi connectivity index (χ1) is 11.7. The number of H-pyrrole nitrogens is 1. The summed E-state index contributed by atoms with van der Waals surface area (Å²) < 4.78 is 5.27. The maximum atomic E-state index is 12.7. The second kappa shape index (κ2) is 7.55. The van der Waals surface area contributed by atoms with Crippen LogP contribution < -0.4 is 5.32 Å². The number of aromatic amines is 1. The second-order valence-corrected chi connectivity index (χ2v) is 6.78. The van der Waals surface area contributed by atoms with E-state index < -0.39 is 5.97 Å². The number of hydrogen-bond donors (Lipinski definition) is 2. The number of carbonyl (C=O) groups excluding carboxylic acids is 2. The number of carbonyl (C=O) groups is 2. The summed E-state index contributed by atoms with van der Waals surface area (Å²) in [6.07, 6.45) is -0.212. The van der Waals surface area contributed by atoms with Crippen molar-refractivity contribution in [1.82, 2.24) is 4.98 Å². The minimum atomic E-state index is -0.414. The van der Waals surface area contributed by atoms with Crippen LogP contribution in [0, 0.1) is 13.8 Å². The van der Waals surface area contributed by atoms with Crippen LogP contribution in [0.4, 0.5) is 5.69 Å². The Morgan fingerprint density at radius 1 is 1.08 bits per heavy atom. The third kappa shape index (κ3) is 4.10. The van der Waals surface area contributed by atoms with E-state index in [2.05, 4.69) is 24.1 Å². The van der Waals surface area contributed by atoms with Crippen molar-refractivity contribution >= 4 is 17.6 Å². The van der Waals surface area contributed by atoms with Gasteiger partial charge in [0.15, 0.2) is 0 Å². The summed E-state index contributed by atoms with van der Waals surface area (Å²) in [6.45, 7) is 11.3. The molecular formula is C20H26N2O3. The number of hydrogen-bond acceptors (Lipinski definition) is 3. The van der Waals surface area contributed by atoms with E-state index in [0.717, 1.165) is 11.3 Å². The lowest BCUT2D eigenvalue weighted by Gasteiger charge is -2.13. The number of aryl methyl sites for hydroxylation is 1. The van der Waals surface area contributed by atoms with Gasteiger partial charge in [0, 0.05) is 11.4 Å². The summed E-state index contributed by atoms with van der Waals surface area (Å²) in [4.78, 5) is 28.0. The monoisotopic (exact) mass is 342 g/mol. The minimum absolute atomic E-state index is 0.212. The van der Waals surface area contributed by atoms with Gasteiger partial charge in [-0.05, 0) is 50.8 Å². The van der Waals surface area contributed by atoms with Gasteiger partial charge in [-0.2, -0.15) is 0 Å². The van der Waals surface area contributed by atoms with E-state index in [-0.39, 0.29) is 12.0 Å². The lowest BCUT2D eigenvalue weighted by Crippen LogP contribution is -2.16. The fourth-order valence-electron chi connectivity index (χ4n) is 2.86. The standard InChI is InChI=1S/C20H26N2O3/c1-11(2)15-9-7-8-10-16(15)22-19(23)18-13(5)17(14(6)21-18)20(24)25-12(3)4/h7-12,21H,1-6H3,(H,22,23). The van der Waals surface area contributed by atoms with Gasteiger partial charge in [-0.1, -0.05) is 32.0 Å². The molecule has 0 spiro atoms. The maximum absolute atomic E-state index is 12.7. The van der Waals surface area contributed by atoms with Crippen molar-refractivity contribution in [1.29, 1.82) is 0 Å². The first kappa shape index (κ1) is 18.8. The van der Waals surface area contributed by atoms with E-state index in [1.165, 1.54) is 0 Å². The van der Waals surface area contributed by atoms with Crippen LogP contribution in [0.5, 0.6) is 0 Å². The Balaban J connectivity index is 2.31. The molecule has 0 fully saturated rings. The van der Waals surface area contributed by atoms with Crippen LogP contribution in [-0.2, 0) is 4.74 Å². The van der Waals surface area contributed by atoms with E-state index in [1.54, 1.807) is 27.7 Å². The molecule has 1 aromatic heterocycles. The van der Waals surface area contributed by atoms with Crippen LogP contribution in [0.1, 0.15) is 71.3 Å². The summed E-state index contributed by atoms with van der Waals surface area (Å²) in [5.74, 6) is -0.389. The van der Waals surface area contributed by atoms with Crippen molar-refractivity contribution in [2.24, 2.45) is 0 Å². The molecule has 0 unspecified atom stereocenters. The van der Waals surface area contributed by atoms with Gasteiger partial charge in [0.1, 0.15) is 5.69 Å². The highest BCUT2D eigenvalue weighted by Crippen LogP contribution is 2.25. The molecule has 0 saturated heterocycles. The van der Waals surface area contributed by atoms with Crippen molar-refractivity contribution in [3.05, 3.63) is 52.3 Å². The first-order valence-corrected chi connectivity index (χ1v) is 8.52. The molecule has 0 saturated carbocycles. The van der Waals surface area contributed by atoms with Crippen LogP contribution in [0.3, 0.4) is 0 Å². The van der Waals surface area contributed by atoms with E-state index >= 15 is 0 Å². The molecule has 1 amide bonds. The van der Waals surface area contributed by atoms with Gasteiger partial charge in [0.2, 0.25) is 0 Å². The number of ether oxygens (including phenoxy) is 1. The van der Waals surface area contributed by atoms with E-state index in [4.69, 9.17) is 4.74 Å². The van der Waals surface area contributed by atoms with Gasteiger partial charge >= 0.3 is 5.97 Å². The summed E-state index contributed by atoms with van der Waals surface area (Å²) in [5, 5.41) is 2.95. The average molecular weight is 342 g/mol. The van der Waals surface area contributed by atoms with Crippen molar-refractivity contribution < 1.29 is 14.3 Å². The fraction of sp³-hybridized carbons (Fsp3) is 0.400. The third-order valence-corrected chi connectivity index (χ3v) is 4.04. The molecule has 0 aliphatic heterocycles. The molecule has 25 heavy (non-hydrogen) atoms. The highest BCUT2D eigenvalue weighted by atomic mass is 16.5. The minimum Gasteiger partial charge on any atom is -0.459 e. The maximum Gasteiger partial charge on any atom is 0.340 e. The van der Waals surface area contributed by atoms with Crippen LogP contribution >= 0.6 is 0 Å². The Kier molecular flexibility index (Phi) is 5.67. The number of benzene rings is 1. The van der Waals surface area contributed by atoms with E-state index in [9.17, 15) is 9.59 Å². The number of amides is 1. The molecule has 5 nitrogen and oxygen atoms in total. The van der Waals surface area contributed by atoms with Crippen LogP contribution in [0.15, 0.2) is 24.3 Å². The number of esters is 1. The van der Waals surface area contributed by atoms with E-state index in [1.807, 2.05) is 24.3 Å². The molecule has 5 heteroatoms. The zero-order chi connectivity index (χ0) is 18.7. The number of aromatic nitrogens is 1. The normalized spacial score (nSPS) is 11.0. The molecule has 1 aromatic carbocycles. The van der Waals surface area contributed by atoms with Gasteiger partial charge in [-0.25, -0.2) is 4.79 Å². The lowest BCUT2D eigenvalue weighted by molar-refractivity contribution is 0.0376. The molecule has 1 heterocycles. The highest BCUT2D eigenvalue weighted by molar-refractivity contribution is 6.07. The lowest BCUT2D eigenvalue weighted by atomic mass is 10.0. The third-order valence-electron chi connectivity index (χ3n) is 4.04. The molecule has 2 aromatic rings. The summed E-state index contributed by atoms with van der Waals surface area (Å²) in [6, 6.07) is 7.72. The number of nitrogens with one attached hydrogen (secondary N) is 2. The molecule has 0 radical (unpaired) electrons. The molecule has 2 N–H and O–H groups in total. The van der Waals surface area contributed by atoms with Gasteiger partial charge in [-0.15, -0.1) is 0 Å². The van der Waals surface area contributed by atoms with Crippen molar-refractivity contribution in [3.63, 3.8) is 0 Å². The predicted molar refractivity (Wildman–Crippen MR) is 99.3 cm³/mol. The molecule has 0 aliphatic carbocycles. The van der Waals surface area contributed by atoms with Gasteiger partial charge < -0.3 is 15.0 Å². The van der Waals surface area contributed by atoms with Crippen LogP contribution in [0.2, 0.25) is 0 Å². The van der Waals surface area contributed by atoms with Crippen molar-refractivity contribution in [3.8, 4) is 0 Å². The van der Waals surface area contributed by atoms with Gasteiger partial charge in [0.25, 0.3) is 5.91 Å². The number of para-hydroxylation sites is 1. The Morgan fingerprint density at radius 2 is 1.72 bits per heavy atom. The van der Waals surface area contributed by atoms with Crippen LogP contribution in [-0.4, -0.2) is 23.0 Å². The molecule has 0 atom stereocenters. The van der Waals surface area contributed by atoms with Crippen molar-refractivity contribution in [2.45, 2.75) is 53.6 Å². The first-order valence-electron chi connectivity index (χ1n) is 8.52. The zero-order valence-corrected chi connectivity index (χ0v) is 15.7. The number of rotatable bonds is 5. The smallest absolute Gasteiger partial charge is 0.340 e. The van der Waals surface area contributed by atoms with Gasteiger partial charge in [-0.3, -0.25) is 4.79 Å². The topological polar surface area (TPSA) is 71.2 Å². The molecule has 2 rings (SSSR count). The zero-order valence-electron chi connectivity index (χ0n) is 15.7. The Hall–Kier alpha value is -2.56. The summed E-state index contributed by atoms with van der Waals surface area (Å²) in [5.41, 5.74) is 3.88. The predicted octanol–water partition coefficient (Wildman–Crippen LogP) is 4.57. The van der Waals surface area contributed by atoms with Crippen LogP contribution in [0.25, 0.3) is 0 Å². The molecule has 0 aliphatic rings. The van der Waals surface area contributed by atoms with Crippen molar-refractivity contribution in [2.75, 3.05) is 5.32 Å². The Bertz CT molecular complexity index is 788. The summed E-state index contributed by atoms with van der Waals surface area (Å²) >= 11 is 0. The summed E-state index contributed by atoms with van der Waals surface area (Å²) in [7, 11) is 0. The number of anilines is 1. The molecular weight excluding hydrogens is 316 g/mol.